The van der Waals surface area contributed by atoms with Crippen LogP contribution in [-0.4, -0.2) is 0 Å². The van der Waals surface area contributed by atoms with E-state index in [4.69, 9.17) is 0 Å². The van der Waals surface area contributed by atoms with Crippen LogP contribution in [0.15, 0.2) is 45.3 Å². The molecule has 2 aromatic rings. The molecular weight excluding hydrogens is 373 g/mol. The highest BCUT2D eigenvalue weighted by molar-refractivity contribution is 9.10. The zero-order valence-corrected chi connectivity index (χ0v) is 13.8. The zero-order chi connectivity index (χ0) is 14.0. The molecule has 0 fully saturated rings. The minimum absolute atomic E-state index is 0.0861. The lowest BCUT2D eigenvalue weighted by Crippen LogP contribution is -2.08. The van der Waals surface area contributed by atoms with Crippen LogP contribution in [0.3, 0.4) is 0 Å². The van der Waals surface area contributed by atoms with Gasteiger partial charge in [-0.1, -0.05) is 44.0 Å². The summed E-state index contributed by atoms with van der Waals surface area (Å²) < 4.78 is 14.9. The first-order chi connectivity index (χ1) is 8.99. The highest BCUT2D eigenvalue weighted by atomic mass is 79.9. The molecule has 0 aliphatic rings. The number of hydrogen-bond acceptors (Lipinski definition) is 1. The average molecular weight is 387 g/mol. The van der Waals surface area contributed by atoms with E-state index in [1.807, 2.05) is 18.2 Å². The summed E-state index contributed by atoms with van der Waals surface area (Å²) in [5.74, 6) is -0.235. The first-order valence-corrected chi connectivity index (χ1v) is 7.54. The lowest BCUT2D eigenvalue weighted by Gasteiger charge is -2.19. The Labute approximate surface area is 129 Å². The van der Waals surface area contributed by atoms with E-state index in [-0.39, 0.29) is 11.9 Å². The predicted molar refractivity (Wildman–Crippen MR) is 85.0 cm³/mol. The van der Waals surface area contributed by atoms with Gasteiger partial charge in [-0.15, -0.1) is 0 Å². The maximum absolute atomic E-state index is 13.1. The molecule has 0 bridgehead atoms. The Hall–Kier alpha value is -0.870. The van der Waals surface area contributed by atoms with Gasteiger partial charge in [0, 0.05) is 20.7 Å². The minimum Gasteiger partial charge on any atom is -0.378 e. The number of rotatable bonds is 3. The molecule has 0 heterocycles. The van der Waals surface area contributed by atoms with Gasteiger partial charge in [-0.25, -0.2) is 4.39 Å². The van der Waals surface area contributed by atoms with E-state index in [1.165, 1.54) is 12.1 Å². The van der Waals surface area contributed by atoms with Gasteiger partial charge in [0.05, 0.1) is 0 Å². The molecular formula is C15H14Br2FN. The van der Waals surface area contributed by atoms with Crippen molar-refractivity contribution in [2.75, 3.05) is 5.32 Å². The van der Waals surface area contributed by atoms with Crippen LogP contribution in [0.4, 0.5) is 10.1 Å². The molecule has 0 aliphatic carbocycles. The van der Waals surface area contributed by atoms with Crippen LogP contribution < -0.4 is 5.32 Å². The van der Waals surface area contributed by atoms with E-state index < -0.39 is 0 Å². The molecule has 2 aromatic carbocycles. The van der Waals surface area contributed by atoms with Gasteiger partial charge in [0.25, 0.3) is 0 Å². The maximum atomic E-state index is 13.1. The molecule has 0 spiro atoms. The maximum Gasteiger partial charge on any atom is 0.124 e. The van der Waals surface area contributed by atoms with Crippen molar-refractivity contribution in [2.24, 2.45) is 0 Å². The van der Waals surface area contributed by atoms with Gasteiger partial charge in [-0.05, 0) is 49.2 Å². The standard InChI is InChI=1S/C15H14Br2FN/c1-9-13(16)4-3-5-15(9)19-10(2)12-7-6-11(18)8-14(12)17/h3-8,10,19H,1-2H3. The Morgan fingerprint density at radius 1 is 1.11 bits per heavy atom. The molecule has 2 rings (SSSR count). The van der Waals surface area contributed by atoms with Gasteiger partial charge in [0.15, 0.2) is 0 Å². The SMILES string of the molecule is Cc1c(Br)cccc1NC(C)c1ccc(F)cc1Br. The average Bonchev–Trinajstić information content (AvgIpc) is 2.34. The van der Waals surface area contributed by atoms with E-state index in [0.29, 0.717) is 0 Å². The molecule has 19 heavy (non-hydrogen) atoms. The zero-order valence-electron chi connectivity index (χ0n) is 10.7. The molecule has 0 radical (unpaired) electrons. The third-order valence-corrected chi connectivity index (χ3v) is 4.61. The quantitative estimate of drug-likeness (QED) is 0.699. The normalized spacial score (nSPS) is 12.3. The topological polar surface area (TPSA) is 12.0 Å². The highest BCUT2D eigenvalue weighted by Gasteiger charge is 2.11. The molecule has 0 aliphatic heterocycles. The number of anilines is 1. The van der Waals surface area contributed by atoms with Crippen molar-refractivity contribution in [3.8, 4) is 0 Å². The van der Waals surface area contributed by atoms with Crippen molar-refractivity contribution in [2.45, 2.75) is 19.9 Å². The smallest absolute Gasteiger partial charge is 0.124 e. The lowest BCUT2D eigenvalue weighted by atomic mass is 10.1. The lowest BCUT2D eigenvalue weighted by molar-refractivity contribution is 0.625. The molecule has 0 saturated carbocycles. The monoisotopic (exact) mass is 385 g/mol. The number of benzene rings is 2. The number of hydrogen-bond donors (Lipinski definition) is 1. The van der Waals surface area contributed by atoms with Crippen molar-refractivity contribution < 1.29 is 4.39 Å². The van der Waals surface area contributed by atoms with Gasteiger partial charge >= 0.3 is 0 Å². The Morgan fingerprint density at radius 3 is 2.53 bits per heavy atom. The van der Waals surface area contributed by atoms with Crippen LogP contribution in [0.1, 0.15) is 24.1 Å². The van der Waals surface area contributed by atoms with Crippen LogP contribution in [0.5, 0.6) is 0 Å². The van der Waals surface area contributed by atoms with Crippen LogP contribution in [-0.2, 0) is 0 Å². The van der Waals surface area contributed by atoms with Crippen LogP contribution >= 0.6 is 31.9 Å². The second-order valence-corrected chi connectivity index (χ2v) is 6.15. The van der Waals surface area contributed by atoms with Crippen molar-refractivity contribution in [3.05, 3.63) is 62.3 Å². The molecule has 1 atom stereocenters. The summed E-state index contributed by atoms with van der Waals surface area (Å²) in [6, 6.07) is 10.9. The fourth-order valence-electron chi connectivity index (χ4n) is 1.93. The van der Waals surface area contributed by atoms with Gasteiger partial charge in [-0.2, -0.15) is 0 Å². The Morgan fingerprint density at radius 2 is 1.84 bits per heavy atom. The van der Waals surface area contributed by atoms with Crippen LogP contribution in [0.2, 0.25) is 0 Å². The summed E-state index contributed by atoms with van der Waals surface area (Å²) in [4.78, 5) is 0. The fourth-order valence-corrected chi connectivity index (χ4v) is 2.99. The van der Waals surface area contributed by atoms with Gasteiger partial charge < -0.3 is 5.32 Å². The third-order valence-electron chi connectivity index (χ3n) is 3.07. The van der Waals surface area contributed by atoms with Crippen molar-refractivity contribution >= 4 is 37.5 Å². The highest BCUT2D eigenvalue weighted by Crippen LogP contribution is 2.30. The van der Waals surface area contributed by atoms with Crippen molar-refractivity contribution in [1.82, 2.24) is 0 Å². The van der Waals surface area contributed by atoms with Crippen molar-refractivity contribution in [1.29, 1.82) is 0 Å². The van der Waals surface area contributed by atoms with Gasteiger partial charge in [0.2, 0.25) is 0 Å². The summed E-state index contributed by atoms with van der Waals surface area (Å²) in [7, 11) is 0. The van der Waals surface area contributed by atoms with Crippen LogP contribution in [0, 0.1) is 12.7 Å². The Kier molecular flexibility index (Phi) is 4.63. The second-order valence-electron chi connectivity index (χ2n) is 4.44. The number of nitrogens with one attached hydrogen (secondary N) is 1. The van der Waals surface area contributed by atoms with E-state index in [1.54, 1.807) is 6.07 Å². The number of halogens is 3. The molecule has 0 saturated heterocycles. The first kappa shape index (κ1) is 14.5. The Balaban J connectivity index is 2.25. The van der Waals surface area contributed by atoms with E-state index in [0.717, 1.165) is 25.8 Å². The van der Waals surface area contributed by atoms with Gasteiger partial charge in [-0.3, -0.25) is 0 Å². The fraction of sp³-hybridized carbons (Fsp3) is 0.200. The molecule has 100 valence electrons. The van der Waals surface area contributed by atoms with Gasteiger partial charge in [0.1, 0.15) is 5.82 Å². The molecule has 1 N–H and O–H groups in total. The molecule has 1 nitrogen and oxygen atoms in total. The summed E-state index contributed by atoms with van der Waals surface area (Å²) in [5.41, 5.74) is 3.26. The molecule has 0 aromatic heterocycles. The van der Waals surface area contributed by atoms with E-state index in [2.05, 4.69) is 51.0 Å². The van der Waals surface area contributed by atoms with E-state index >= 15 is 0 Å². The summed E-state index contributed by atoms with van der Waals surface area (Å²) in [5, 5.41) is 3.45. The second kappa shape index (κ2) is 6.06. The summed E-state index contributed by atoms with van der Waals surface area (Å²) >= 11 is 6.92. The summed E-state index contributed by atoms with van der Waals surface area (Å²) in [6.45, 7) is 4.11. The Bertz CT molecular complexity index is 599. The molecule has 0 amide bonds. The predicted octanol–water partition coefficient (Wildman–Crippen LogP) is 5.83. The molecule has 1 unspecified atom stereocenters. The summed E-state index contributed by atoms with van der Waals surface area (Å²) in [6.07, 6.45) is 0. The van der Waals surface area contributed by atoms with E-state index in [9.17, 15) is 4.39 Å². The minimum atomic E-state index is -0.235. The first-order valence-electron chi connectivity index (χ1n) is 5.95. The third kappa shape index (κ3) is 3.37. The largest absolute Gasteiger partial charge is 0.378 e. The van der Waals surface area contributed by atoms with Crippen LogP contribution in [0.25, 0.3) is 0 Å². The molecule has 4 heteroatoms. The van der Waals surface area contributed by atoms with Crippen molar-refractivity contribution in [3.63, 3.8) is 0 Å².